The van der Waals surface area contributed by atoms with Crippen LogP contribution in [0.25, 0.3) is 10.2 Å². The zero-order valence-electron chi connectivity index (χ0n) is 20.5. The number of nitrogens with one attached hydrogen (secondary N) is 2. The van der Waals surface area contributed by atoms with Gasteiger partial charge >= 0.3 is 0 Å². The molecular weight excluding hydrogens is 522 g/mol. The fraction of sp³-hybridized carbons (Fsp3) is 0.222. The molecule has 38 heavy (non-hydrogen) atoms. The van der Waals surface area contributed by atoms with Gasteiger partial charge in [0, 0.05) is 24.2 Å². The molecule has 9 nitrogen and oxygen atoms in total. The average Bonchev–Trinajstić information content (AvgIpc) is 3.37. The summed E-state index contributed by atoms with van der Waals surface area (Å²) < 4.78 is 36.3. The van der Waals surface area contributed by atoms with Crippen molar-refractivity contribution in [2.45, 2.75) is 17.4 Å². The van der Waals surface area contributed by atoms with Gasteiger partial charge in [-0.3, -0.25) is 10.2 Å². The number of nitrogen functional groups attached to an aromatic ring is 1. The van der Waals surface area contributed by atoms with E-state index in [1.165, 1.54) is 23.5 Å². The minimum Gasteiger partial charge on any atom is -0.384 e. The third-order valence-corrected chi connectivity index (χ3v) is 8.89. The molecule has 1 aromatic heterocycles. The zero-order chi connectivity index (χ0) is 26.7. The van der Waals surface area contributed by atoms with Gasteiger partial charge in [0.15, 0.2) is 0 Å². The molecule has 11 heteroatoms. The zero-order valence-corrected chi connectivity index (χ0v) is 22.1. The van der Waals surface area contributed by atoms with Crippen LogP contribution in [0, 0.1) is 5.41 Å². The molecule has 1 aliphatic rings. The first-order valence-corrected chi connectivity index (χ1v) is 14.4. The SMILES string of the molecule is N=C(N)c1cccc(CC(NS(=O)(=O)c2cccc(C(=O)N3CCOCC3)c2)c2nc3ccccc3s2)c1. The summed E-state index contributed by atoms with van der Waals surface area (Å²) in [5, 5.41) is 8.37. The van der Waals surface area contributed by atoms with Gasteiger partial charge < -0.3 is 15.4 Å². The average molecular weight is 550 g/mol. The first-order valence-electron chi connectivity index (χ1n) is 12.1. The highest BCUT2D eigenvalue weighted by atomic mass is 32.2. The molecule has 0 spiro atoms. The van der Waals surface area contributed by atoms with Crippen LogP contribution in [0.2, 0.25) is 0 Å². The second-order valence-corrected chi connectivity index (χ2v) is 11.7. The van der Waals surface area contributed by atoms with Gasteiger partial charge in [0.05, 0.1) is 34.4 Å². The van der Waals surface area contributed by atoms with Gasteiger partial charge in [0.1, 0.15) is 10.8 Å². The Hall–Kier alpha value is -3.64. The standard InChI is InChI=1S/C27H27N5O4S2/c28-25(29)19-6-3-5-18(15-19)16-23(26-30-22-9-1-2-10-24(22)37-26)31-38(34,35)21-8-4-7-20(17-21)27(33)32-11-13-36-14-12-32/h1-10,15,17,23,31H,11-14,16H2,(H3,28,29). The molecule has 5 rings (SSSR count). The van der Waals surface area contributed by atoms with Gasteiger partial charge in [-0.1, -0.05) is 36.4 Å². The van der Waals surface area contributed by atoms with Gasteiger partial charge in [-0.25, -0.2) is 18.1 Å². The predicted octanol–water partition coefficient (Wildman–Crippen LogP) is 3.32. The highest BCUT2D eigenvalue weighted by Gasteiger charge is 2.26. The van der Waals surface area contributed by atoms with E-state index in [0.29, 0.717) is 48.9 Å². The van der Waals surface area contributed by atoms with E-state index in [2.05, 4.69) is 4.72 Å². The quantitative estimate of drug-likeness (QED) is 0.228. The number of hydrogen-bond donors (Lipinski definition) is 3. The molecule has 1 fully saturated rings. The van der Waals surface area contributed by atoms with Crippen LogP contribution in [0.3, 0.4) is 0 Å². The van der Waals surface area contributed by atoms with Crippen LogP contribution in [0.4, 0.5) is 0 Å². The third kappa shape index (κ3) is 5.76. The number of nitrogens with two attached hydrogens (primary N) is 1. The van der Waals surface area contributed by atoms with Gasteiger partial charge in [-0.05, 0) is 48.4 Å². The lowest BCUT2D eigenvalue weighted by atomic mass is 10.0. The number of amidine groups is 1. The van der Waals surface area contributed by atoms with Crippen molar-refractivity contribution in [1.29, 1.82) is 5.41 Å². The molecule has 3 aromatic carbocycles. The molecule has 1 amide bonds. The van der Waals surface area contributed by atoms with Gasteiger partial charge in [-0.15, -0.1) is 11.3 Å². The number of nitrogens with zero attached hydrogens (tertiary/aromatic N) is 2. The summed E-state index contributed by atoms with van der Waals surface area (Å²) in [6, 6.07) is 20.2. The fourth-order valence-electron chi connectivity index (χ4n) is 4.32. The maximum Gasteiger partial charge on any atom is 0.254 e. The Kier molecular flexibility index (Phi) is 7.52. The molecule has 1 atom stereocenters. The molecule has 2 heterocycles. The van der Waals surface area contributed by atoms with Crippen LogP contribution >= 0.6 is 11.3 Å². The molecule has 4 N–H and O–H groups in total. The van der Waals surface area contributed by atoms with Crippen molar-refractivity contribution in [2.24, 2.45) is 5.73 Å². The number of aromatic nitrogens is 1. The molecule has 1 aliphatic heterocycles. The third-order valence-electron chi connectivity index (χ3n) is 6.27. The normalized spacial score (nSPS) is 14.9. The number of morpholine rings is 1. The predicted molar refractivity (Wildman–Crippen MR) is 147 cm³/mol. The Morgan fingerprint density at radius 2 is 1.79 bits per heavy atom. The first kappa shape index (κ1) is 26.0. The monoisotopic (exact) mass is 549 g/mol. The number of thiazole rings is 1. The summed E-state index contributed by atoms with van der Waals surface area (Å²) in [4.78, 5) is 19.3. The van der Waals surface area contributed by atoms with Crippen LogP contribution in [0.15, 0.2) is 77.7 Å². The smallest absolute Gasteiger partial charge is 0.254 e. The van der Waals surface area contributed by atoms with E-state index in [1.54, 1.807) is 35.2 Å². The number of carbonyl (C=O) groups is 1. The summed E-state index contributed by atoms with van der Waals surface area (Å²) in [6.45, 7) is 1.85. The Balaban J connectivity index is 1.47. The molecular formula is C27H27N5O4S2. The van der Waals surface area contributed by atoms with Crippen molar-refractivity contribution in [1.82, 2.24) is 14.6 Å². The van der Waals surface area contributed by atoms with Gasteiger partial charge in [-0.2, -0.15) is 0 Å². The number of sulfonamides is 1. The summed E-state index contributed by atoms with van der Waals surface area (Å²) in [5.74, 6) is -0.292. The Bertz CT molecular complexity index is 1560. The first-order chi connectivity index (χ1) is 18.3. The van der Waals surface area contributed by atoms with E-state index < -0.39 is 16.1 Å². The number of para-hydroxylation sites is 1. The number of benzene rings is 3. The second kappa shape index (κ2) is 11.0. The number of rotatable bonds is 8. The number of hydrogen-bond acceptors (Lipinski definition) is 7. The molecule has 0 bridgehead atoms. The number of fused-ring (bicyclic) bond motifs is 1. The van der Waals surface area contributed by atoms with Crippen LogP contribution < -0.4 is 10.5 Å². The van der Waals surface area contributed by atoms with Crippen molar-refractivity contribution in [3.63, 3.8) is 0 Å². The molecule has 4 aromatic rings. The second-order valence-electron chi connectivity index (χ2n) is 8.94. The van der Waals surface area contributed by atoms with Crippen molar-refractivity contribution in [3.05, 3.63) is 94.5 Å². The van der Waals surface area contributed by atoms with Crippen molar-refractivity contribution in [3.8, 4) is 0 Å². The number of carbonyl (C=O) groups excluding carboxylic acids is 1. The lowest BCUT2D eigenvalue weighted by molar-refractivity contribution is 0.0302. The van der Waals surface area contributed by atoms with Crippen molar-refractivity contribution < 1.29 is 17.9 Å². The van der Waals surface area contributed by atoms with Crippen LogP contribution in [0.5, 0.6) is 0 Å². The fourth-order valence-corrected chi connectivity index (χ4v) is 6.66. The van der Waals surface area contributed by atoms with E-state index in [0.717, 1.165) is 15.8 Å². The molecule has 196 valence electrons. The number of ether oxygens (including phenoxy) is 1. The number of amides is 1. The van der Waals surface area contributed by atoms with E-state index >= 15 is 0 Å². The highest BCUT2D eigenvalue weighted by molar-refractivity contribution is 7.89. The van der Waals surface area contributed by atoms with Gasteiger partial charge in [0.2, 0.25) is 10.0 Å². The van der Waals surface area contributed by atoms with Crippen LogP contribution in [-0.2, 0) is 21.2 Å². The molecule has 1 unspecified atom stereocenters. The maximum atomic E-state index is 13.6. The van der Waals surface area contributed by atoms with E-state index in [-0.39, 0.29) is 16.6 Å². The molecule has 1 saturated heterocycles. The van der Waals surface area contributed by atoms with Gasteiger partial charge in [0.25, 0.3) is 5.91 Å². The molecule has 0 saturated carbocycles. The minimum atomic E-state index is -4.02. The van der Waals surface area contributed by atoms with Crippen LogP contribution in [0.1, 0.15) is 32.5 Å². The van der Waals surface area contributed by atoms with Crippen molar-refractivity contribution >= 4 is 43.3 Å². The maximum absolute atomic E-state index is 13.6. The van der Waals surface area contributed by atoms with Crippen LogP contribution in [-0.4, -0.2) is 56.3 Å². The van der Waals surface area contributed by atoms with E-state index in [4.69, 9.17) is 20.9 Å². The lowest BCUT2D eigenvalue weighted by Crippen LogP contribution is -2.40. The molecule has 0 aliphatic carbocycles. The Morgan fingerprint density at radius 1 is 1.05 bits per heavy atom. The summed E-state index contributed by atoms with van der Waals surface area (Å²) in [5.41, 5.74) is 8.12. The lowest BCUT2D eigenvalue weighted by Gasteiger charge is -2.27. The topological polar surface area (TPSA) is 138 Å². The summed E-state index contributed by atoms with van der Waals surface area (Å²) >= 11 is 1.42. The Labute approximate surface area is 224 Å². The summed E-state index contributed by atoms with van der Waals surface area (Å²) in [6.07, 6.45) is 0.298. The minimum absolute atomic E-state index is 0.000192. The highest BCUT2D eigenvalue weighted by Crippen LogP contribution is 2.30. The Morgan fingerprint density at radius 3 is 2.55 bits per heavy atom. The van der Waals surface area contributed by atoms with E-state index in [1.807, 2.05) is 30.3 Å². The van der Waals surface area contributed by atoms with E-state index in [9.17, 15) is 13.2 Å². The largest absolute Gasteiger partial charge is 0.384 e. The van der Waals surface area contributed by atoms with Crippen molar-refractivity contribution in [2.75, 3.05) is 26.3 Å². The molecule has 0 radical (unpaired) electrons. The summed E-state index contributed by atoms with van der Waals surface area (Å²) in [7, 11) is -4.02.